The Morgan fingerprint density at radius 3 is 2.52 bits per heavy atom. The van der Waals surface area contributed by atoms with Gasteiger partial charge < -0.3 is 14.7 Å². The first-order valence-electron chi connectivity index (χ1n) is 7.23. The SMILES string of the molecule is CC(F)(F)COC1CCN(C(=O)c2cncc(C(=O)O)c2)CC1. The first-order chi connectivity index (χ1) is 10.8. The maximum Gasteiger partial charge on any atom is 0.337 e. The first kappa shape index (κ1) is 17.3. The van der Waals surface area contributed by atoms with Crippen LogP contribution in [0, 0.1) is 0 Å². The molecule has 0 unspecified atom stereocenters. The molecule has 1 fully saturated rings. The number of carbonyl (C=O) groups is 2. The van der Waals surface area contributed by atoms with E-state index in [1.807, 2.05) is 0 Å². The third-order valence-corrected chi connectivity index (χ3v) is 3.53. The first-order valence-corrected chi connectivity index (χ1v) is 7.23. The van der Waals surface area contributed by atoms with Gasteiger partial charge in [0.2, 0.25) is 0 Å². The van der Waals surface area contributed by atoms with E-state index >= 15 is 0 Å². The molecule has 0 aromatic carbocycles. The zero-order valence-electron chi connectivity index (χ0n) is 12.7. The minimum absolute atomic E-state index is 0.0563. The maximum absolute atomic E-state index is 12.8. The predicted molar refractivity (Wildman–Crippen MR) is 76.7 cm³/mol. The molecule has 8 heteroatoms. The van der Waals surface area contributed by atoms with Crippen molar-refractivity contribution in [2.24, 2.45) is 0 Å². The summed E-state index contributed by atoms with van der Waals surface area (Å²) in [6.45, 7) is 0.913. The number of carboxylic acid groups (broad SMARTS) is 1. The van der Waals surface area contributed by atoms with Crippen molar-refractivity contribution >= 4 is 11.9 Å². The van der Waals surface area contributed by atoms with Crippen LogP contribution in [-0.4, -0.2) is 58.6 Å². The Balaban J connectivity index is 1.91. The summed E-state index contributed by atoms with van der Waals surface area (Å²) >= 11 is 0. The van der Waals surface area contributed by atoms with Gasteiger partial charge in [-0.05, 0) is 18.9 Å². The molecular weight excluding hydrogens is 310 g/mol. The molecule has 1 aromatic rings. The van der Waals surface area contributed by atoms with Crippen LogP contribution in [-0.2, 0) is 4.74 Å². The number of rotatable bonds is 5. The quantitative estimate of drug-likeness (QED) is 0.895. The third kappa shape index (κ3) is 4.95. The number of alkyl halides is 2. The summed E-state index contributed by atoms with van der Waals surface area (Å²) in [5.41, 5.74) is 0.142. The molecule has 1 N–H and O–H groups in total. The largest absolute Gasteiger partial charge is 0.478 e. The molecule has 0 saturated carbocycles. The molecule has 1 saturated heterocycles. The van der Waals surface area contributed by atoms with Crippen LogP contribution in [0.5, 0.6) is 0 Å². The lowest BCUT2D eigenvalue weighted by atomic mass is 10.1. The third-order valence-electron chi connectivity index (χ3n) is 3.53. The summed E-state index contributed by atoms with van der Waals surface area (Å²) in [5, 5.41) is 8.92. The van der Waals surface area contributed by atoms with Gasteiger partial charge in [0.25, 0.3) is 11.8 Å². The fraction of sp³-hybridized carbons (Fsp3) is 0.533. The molecule has 0 aliphatic carbocycles. The smallest absolute Gasteiger partial charge is 0.337 e. The van der Waals surface area contributed by atoms with Crippen molar-refractivity contribution in [3.63, 3.8) is 0 Å². The number of halogens is 2. The molecule has 1 aromatic heterocycles. The number of amides is 1. The summed E-state index contributed by atoms with van der Waals surface area (Å²) in [7, 11) is 0. The number of hydrogen-bond donors (Lipinski definition) is 1. The molecule has 0 bridgehead atoms. The van der Waals surface area contributed by atoms with E-state index in [4.69, 9.17) is 9.84 Å². The van der Waals surface area contributed by atoms with Gasteiger partial charge in [-0.2, -0.15) is 0 Å². The number of carboxylic acids is 1. The predicted octanol–water partition coefficient (Wildman–Crippen LogP) is 2.06. The van der Waals surface area contributed by atoms with E-state index < -0.39 is 18.5 Å². The molecular formula is C15H18F2N2O4. The Morgan fingerprint density at radius 1 is 1.35 bits per heavy atom. The molecule has 2 heterocycles. The second kappa shape index (κ2) is 6.99. The van der Waals surface area contributed by atoms with E-state index in [0.29, 0.717) is 25.9 Å². The van der Waals surface area contributed by atoms with E-state index in [-0.39, 0.29) is 23.1 Å². The Kier molecular flexibility index (Phi) is 5.25. The highest BCUT2D eigenvalue weighted by Gasteiger charge is 2.28. The van der Waals surface area contributed by atoms with Crippen LogP contribution in [0.15, 0.2) is 18.5 Å². The average Bonchev–Trinajstić information content (AvgIpc) is 2.52. The van der Waals surface area contributed by atoms with Gasteiger partial charge in [0.05, 0.1) is 17.2 Å². The van der Waals surface area contributed by atoms with Crippen LogP contribution in [0.25, 0.3) is 0 Å². The fourth-order valence-corrected chi connectivity index (χ4v) is 2.35. The molecule has 23 heavy (non-hydrogen) atoms. The second-order valence-electron chi connectivity index (χ2n) is 5.64. The van der Waals surface area contributed by atoms with E-state index in [1.54, 1.807) is 4.90 Å². The van der Waals surface area contributed by atoms with Gasteiger partial charge in [0, 0.05) is 32.4 Å². The summed E-state index contributed by atoms with van der Waals surface area (Å²) in [6, 6.07) is 1.28. The van der Waals surface area contributed by atoms with Gasteiger partial charge in [-0.1, -0.05) is 0 Å². The Hall–Kier alpha value is -2.09. The van der Waals surface area contributed by atoms with E-state index in [9.17, 15) is 18.4 Å². The molecule has 2 rings (SSSR count). The molecule has 0 radical (unpaired) electrons. The second-order valence-corrected chi connectivity index (χ2v) is 5.64. The number of aromatic nitrogens is 1. The van der Waals surface area contributed by atoms with Crippen LogP contribution in [0.4, 0.5) is 8.78 Å². The number of pyridine rings is 1. The molecule has 1 aliphatic rings. The van der Waals surface area contributed by atoms with Gasteiger partial charge in [-0.3, -0.25) is 9.78 Å². The number of hydrogen-bond acceptors (Lipinski definition) is 4. The van der Waals surface area contributed by atoms with Gasteiger partial charge in [0.1, 0.15) is 6.61 Å². The number of likely N-dealkylation sites (tertiary alicyclic amines) is 1. The van der Waals surface area contributed by atoms with Crippen molar-refractivity contribution in [3.8, 4) is 0 Å². The highest BCUT2D eigenvalue weighted by molar-refractivity contribution is 5.97. The molecule has 1 amide bonds. The Labute approximate surface area is 132 Å². The maximum atomic E-state index is 12.8. The Bertz CT molecular complexity index is 581. The van der Waals surface area contributed by atoms with Crippen LogP contribution in [0.3, 0.4) is 0 Å². The summed E-state index contributed by atoms with van der Waals surface area (Å²) in [4.78, 5) is 28.5. The average molecular weight is 328 g/mol. The number of aromatic carboxylic acids is 1. The highest BCUT2D eigenvalue weighted by Crippen LogP contribution is 2.20. The van der Waals surface area contributed by atoms with E-state index in [0.717, 1.165) is 6.92 Å². The Morgan fingerprint density at radius 2 is 1.96 bits per heavy atom. The van der Waals surface area contributed by atoms with Crippen LogP contribution >= 0.6 is 0 Å². The molecule has 0 spiro atoms. The topological polar surface area (TPSA) is 79.7 Å². The zero-order chi connectivity index (χ0) is 17.0. The highest BCUT2D eigenvalue weighted by atomic mass is 19.3. The number of ether oxygens (including phenoxy) is 1. The van der Waals surface area contributed by atoms with E-state index in [2.05, 4.69) is 4.98 Å². The van der Waals surface area contributed by atoms with Crippen molar-refractivity contribution in [1.29, 1.82) is 0 Å². The summed E-state index contributed by atoms with van der Waals surface area (Å²) in [5.74, 6) is -4.34. The molecule has 6 nitrogen and oxygen atoms in total. The lowest BCUT2D eigenvalue weighted by Crippen LogP contribution is -2.41. The number of piperidine rings is 1. The molecule has 126 valence electrons. The van der Waals surface area contributed by atoms with Crippen LogP contribution < -0.4 is 0 Å². The summed E-state index contributed by atoms with van der Waals surface area (Å²) < 4.78 is 30.7. The fourth-order valence-electron chi connectivity index (χ4n) is 2.35. The zero-order valence-corrected chi connectivity index (χ0v) is 12.7. The van der Waals surface area contributed by atoms with Gasteiger partial charge in [0.15, 0.2) is 0 Å². The van der Waals surface area contributed by atoms with Gasteiger partial charge in [-0.15, -0.1) is 0 Å². The normalized spacial score (nSPS) is 16.4. The van der Waals surface area contributed by atoms with Crippen molar-refractivity contribution < 1.29 is 28.2 Å². The van der Waals surface area contributed by atoms with E-state index in [1.165, 1.54) is 18.5 Å². The minimum atomic E-state index is -2.87. The standard InChI is InChI=1S/C15H18F2N2O4/c1-15(16,17)9-23-12-2-4-19(5-3-12)13(20)10-6-11(14(21)22)8-18-7-10/h6-8,12H,2-5,9H2,1H3,(H,21,22). The van der Waals surface area contributed by atoms with Crippen LogP contribution in [0.1, 0.15) is 40.5 Å². The lowest BCUT2D eigenvalue weighted by molar-refractivity contribution is -0.0968. The van der Waals surface area contributed by atoms with Crippen molar-refractivity contribution in [2.75, 3.05) is 19.7 Å². The molecule has 0 atom stereocenters. The monoisotopic (exact) mass is 328 g/mol. The number of nitrogens with zero attached hydrogens (tertiary/aromatic N) is 2. The lowest BCUT2D eigenvalue weighted by Gasteiger charge is -2.32. The number of carbonyl (C=O) groups excluding carboxylic acids is 1. The minimum Gasteiger partial charge on any atom is -0.478 e. The summed E-state index contributed by atoms with van der Waals surface area (Å²) in [6.07, 6.45) is 3.12. The van der Waals surface area contributed by atoms with Gasteiger partial charge >= 0.3 is 5.97 Å². The van der Waals surface area contributed by atoms with Crippen molar-refractivity contribution in [3.05, 3.63) is 29.6 Å². The molecule has 1 aliphatic heterocycles. The van der Waals surface area contributed by atoms with Crippen LogP contribution in [0.2, 0.25) is 0 Å². The van der Waals surface area contributed by atoms with Crippen molar-refractivity contribution in [2.45, 2.75) is 31.8 Å². The van der Waals surface area contributed by atoms with Gasteiger partial charge in [-0.25, -0.2) is 13.6 Å². The van der Waals surface area contributed by atoms with Crippen molar-refractivity contribution in [1.82, 2.24) is 9.88 Å².